The maximum Gasteiger partial charge on any atom is 0.333 e. The molecule has 1 aliphatic rings. The molecule has 0 saturated heterocycles. The van der Waals surface area contributed by atoms with E-state index in [2.05, 4.69) is 25.7 Å². The zero-order valence-electron chi connectivity index (χ0n) is 24.6. The van der Waals surface area contributed by atoms with Crippen molar-refractivity contribution < 1.29 is 18.3 Å². The molecule has 12 nitrogen and oxygen atoms in total. The van der Waals surface area contributed by atoms with Gasteiger partial charge in [0, 0.05) is 39.9 Å². The van der Waals surface area contributed by atoms with Crippen molar-refractivity contribution in [3.05, 3.63) is 87.9 Å². The normalized spacial score (nSPS) is 16.6. The molecule has 4 aromatic heterocycles. The van der Waals surface area contributed by atoms with E-state index in [0.717, 1.165) is 0 Å². The van der Waals surface area contributed by atoms with Crippen LogP contribution in [0.5, 0.6) is 5.75 Å². The number of nitrogens with one attached hydrogen (secondary N) is 1. The molecule has 46 heavy (non-hydrogen) atoms. The summed E-state index contributed by atoms with van der Waals surface area (Å²) in [5, 5.41) is 24.1. The summed E-state index contributed by atoms with van der Waals surface area (Å²) in [7, 11) is 1.47. The highest BCUT2D eigenvalue weighted by atomic mass is 35.5. The van der Waals surface area contributed by atoms with E-state index in [1.165, 1.54) is 41.0 Å². The van der Waals surface area contributed by atoms with Gasteiger partial charge in [0.2, 0.25) is 5.91 Å². The molecule has 0 saturated carbocycles. The van der Waals surface area contributed by atoms with Gasteiger partial charge in [-0.25, -0.2) is 9.36 Å². The lowest BCUT2D eigenvalue weighted by atomic mass is 9.96. The number of nitriles is 1. The Morgan fingerprint density at radius 3 is 2.70 bits per heavy atom. The summed E-state index contributed by atoms with van der Waals surface area (Å²) in [6, 6.07) is 10.9. The minimum Gasteiger partial charge on any atom is -0.495 e. The van der Waals surface area contributed by atoms with Crippen LogP contribution in [0.15, 0.2) is 66.0 Å². The highest BCUT2D eigenvalue weighted by Crippen LogP contribution is 2.38. The number of carbonyl (C=O) groups is 1. The lowest BCUT2D eigenvalue weighted by Crippen LogP contribution is -2.27. The van der Waals surface area contributed by atoms with Crippen LogP contribution in [0.4, 0.5) is 14.5 Å². The number of benzene rings is 1. The molecular formula is C31H26ClF2N9O3. The first-order chi connectivity index (χ1) is 22.2. The van der Waals surface area contributed by atoms with Gasteiger partial charge in [0.05, 0.1) is 54.5 Å². The fourth-order valence-corrected chi connectivity index (χ4v) is 5.78. The third kappa shape index (κ3) is 5.72. The standard InChI is InChI=1S/C31H26ClF2N9O3/c1-17-4-3-5-26(23-10-18(8-9-36-23)29-24(38-30(17)45)14-37-43(29)31(33)34)41-16-27(46-2)22(12-28(41)44)21-11-19(32)6-7-25(21)42-15-20(13-35)39-40-42/h6-12,14-17,26,31H,3-5H2,1-2H3,(H,38,45). The molecule has 1 amide bonds. The fraction of sp³-hybridized carbons (Fsp3) is 0.258. The molecule has 6 rings (SSSR count). The van der Waals surface area contributed by atoms with E-state index in [1.807, 2.05) is 6.07 Å². The van der Waals surface area contributed by atoms with Gasteiger partial charge in [0.25, 0.3) is 5.56 Å². The van der Waals surface area contributed by atoms with Crippen LogP contribution in [-0.2, 0) is 4.79 Å². The van der Waals surface area contributed by atoms with Gasteiger partial charge in [-0.15, -0.1) is 5.10 Å². The van der Waals surface area contributed by atoms with Crippen molar-refractivity contribution in [3.8, 4) is 39.9 Å². The largest absolute Gasteiger partial charge is 0.495 e. The van der Waals surface area contributed by atoms with Gasteiger partial charge in [-0.3, -0.25) is 14.6 Å². The van der Waals surface area contributed by atoms with E-state index >= 15 is 0 Å². The predicted molar refractivity (Wildman–Crippen MR) is 164 cm³/mol. The van der Waals surface area contributed by atoms with Crippen LogP contribution < -0.4 is 15.6 Å². The second-order valence-corrected chi connectivity index (χ2v) is 11.2. The van der Waals surface area contributed by atoms with Crippen molar-refractivity contribution in [2.24, 2.45) is 5.92 Å². The summed E-state index contributed by atoms with van der Waals surface area (Å²) in [5.74, 6) is -0.435. The van der Waals surface area contributed by atoms with Crippen molar-refractivity contribution in [1.29, 1.82) is 5.26 Å². The first kappa shape index (κ1) is 30.6. The van der Waals surface area contributed by atoms with E-state index in [1.54, 1.807) is 43.5 Å². The summed E-state index contributed by atoms with van der Waals surface area (Å²) in [5.41, 5.74) is 2.13. The molecule has 1 N–H and O–H groups in total. The average molecular weight is 646 g/mol. The minimum absolute atomic E-state index is 0.0277. The molecule has 5 aromatic rings. The third-order valence-electron chi connectivity index (χ3n) is 7.90. The molecule has 2 atom stereocenters. The molecule has 1 aromatic carbocycles. The van der Waals surface area contributed by atoms with Gasteiger partial charge >= 0.3 is 6.55 Å². The van der Waals surface area contributed by atoms with Gasteiger partial charge in [0.1, 0.15) is 11.8 Å². The number of rotatable bonds is 5. The van der Waals surface area contributed by atoms with E-state index in [4.69, 9.17) is 16.3 Å². The van der Waals surface area contributed by atoms with Crippen molar-refractivity contribution in [3.63, 3.8) is 0 Å². The van der Waals surface area contributed by atoms with Crippen LogP contribution in [0.3, 0.4) is 0 Å². The SMILES string of the molecule is COc1cn(C2CCCC(C)C(=O)Nc3cnn(C(F)F)c3-c3ccnc2c3)c(=O)cc1-c1cc(Cl)ccc1-n1cc(C#N)nn1. The van der Waals surface area contributed by atoms with E-state index in [-0.39, 0.29) is 23.0 Å². The van der Waals surface area contributed by atoms with Gasteiger partial charge < -0.3 is 14.6 Å². The van der Waals surface area contributed by atoms with Crippen molar-refractivity contribution in [1.82, 2.24) is 34.3 Å². The number of nitrogens with zero attached hydrogens (tertiary/aromatic N) is 8. The Balaban J connectivity index is 1.50. The van der Waals surface area contributed by atoms with Gasteiger partial charge in [0.15, 0.2) is 5.69 Å². The van der Waals surface area contributed by atoms with Crippen LogP contribution in [0.1, 0.15) is 50.2 Å². The summed E-state index contributed by atoms with van der Waals surface area (Å²) in [6.45, 7) is -1.20. The molecule has 2 bridgehead atoms. The number of anilines is 1. The highest BCUT2D eigenvalue weighted by Gasteiger charge is 2.27. The molecular weight excluding hydrogens is 620 g/mol. The van der Waals surface area contributed by atoms with Crippen molar-refractivity contribution in [2.45, 2.75) is 38.8 Å². The topological polar surface area (TPSA) is 146 Å². The Morgan fingerprint density at radius 2 is 1.96 bits per heavy atom. The Kier molecular flexibility index (Phi) is 8.33. The molecule has 2 unspecified atom stereocenters. The monoisotopic (exact) mass is 645 g/mol. The Labute approximate surface area is 265 Å². The second-order valence-electron chi connectivity index (χ2n) is 10.8. The second kappa shape index (κ2) is 12.5. The van der Waals surface area contributed by atoms with E-state index < -0.39 is 24.1 Å². The number of hydrogen-bond donors (Lipinski definition) is 1. The molecule has 234 valence electrons. The number of carbonyl (C=O) groups excluding carboxylic acids is 1. The lowest BCUT2D eigenvalue weighted by molar-refractivity contribution is -0.119. The van der Waals surface area contributed by atoms with Crippen LogP contribution in [-0.4, -0.2) is 47.3 Å². The van der Waals surface area contributed by atoms with Crippen molar-refractivity contribution >= 4 is 23.2 Å². The molecule has 0 fully saturated rings. The van der Waals surface area contributed by atoms with E-state index in [9.17, 15) is 23.6 Å². The Hall–Kier alpha value is -5.42. The molecule has 15 heteroatoms. The molecule has 0 radical (unpaired) electrons. The number of methoxy groups -OCH3 is 1. The number of fused-ring (bicyclic) bond motifs is 4. The van der Waals surface area contributed by atoms with Crippen molar-refractivity contribution in [2.75, 3.05) is 12.4 Å². The number of alkyl halides is 2. The summed E-state index contributed by atoms with van der Waals surface area (Å²) in [4.78, 5) is 31.5. The zero-order chi connectivity index (χ0) is 32.5. The fourth-order valence-electron chi connectivity index (χ4n) is 5.60. The smallest absolute Gasteiger partial charge is 0.333 e. The quantitative estimate of drug-likeness (QED) is 0.259. The zero-order valence-corrected chi connectivity index (χ0v) is 25.3. The lowest BCUT2D eigenvalue weighted by Gasteiger charge is -2.24. The summed E-state index contributed by atoms with van der Waals surface area (Å²) in [6.07, 6.45) is 7.14. The van der Waals surface area contributed by atoms with Gasteiger partial charge in [-0.2, -0.15) is 19.1 Å². The maximum atomic E-state index is 14.0. The van der Waals surface area contributed by atoms with Crippen LogP contribution in [0, 0.1) is 17.2 Å². The Morgan fingerprint density at radius 1 is 1.13 bits per heavy atom. The van der Waals surface area contributed by atoms with Gasteiger partial charge in [-0.05, 0) is 43.2 Å². The summed E-state index contributed by atoms with van der Waals surface area (Å²) < 4.78 is 37.2. The number of ether oxygens (including phenoxy) is 1. The molecule has 0 aliphatic carbocycles. The number of halogens is 3. The molecule has 1 aliphatic heterocycles. The number of aromatic nitrogens is 7. The molecule has 5 heterocycles. The van der Waals surface area contributed by atoms with E-state index in [0.29, 0.717) is 62.8 Å². The average Bonchev–Trinajstić information content (AvgIpc) is 3.70. The van der Waals surface area contributed by atoms with Crippen LogP contribution >= 0.6 is 11.6 Å². The third-order valence-corrected chi connectivity index (χ3v) is 8.13. The Bertz CT molecular complexity index is 2050. The number of amides is 1. The molecule has 0 spiro atoms. The maximum absolute atomic E-state index is 14.0. The van der Waals surface area contributed by atoms with Crippen LogP contribution in [0.2, 0.25) is 5.02 Å². The summed E-state index contributed by atoms with van der Waals surface area (Å²) >= 11 is 6.37. The van der Waals surface area contributed by atoms with Crippen LogP contribution in [0.25, 0.3) is 28.1 Å². The number of pyridine rings is 2. The van der Waals surface area contributed by atoms with Gasteiger partial charge in [-0.1, -0.05) is 30.2 Å². The number of hydrogen-bond acceptors (Lipinski definition) is 8. The first-order valence-corrected chi connectivity index (χ1v) is 14.6. The minimum atomic E-state index is -2.96. The first-order valence-electron chi connectivity index (χ1n) is 14.2. The predicted octanol–water partition coefficient (Wildman–Crippen LogP) is 5.63. The highest BCUT2D eigenvalue weighted by molar-refractivity contribution is 6.31.